The van der Waals surface area contributed by atoms with Gasteiger partial charge in [-0.3, -0.25) is 0 Å². The summed E-state index contributed by atoms with van der Waals surface area (Å²) < 4.78 is 33.4. The third-order valence-electron chi connectivity index (χ3n) is 10.0. The molecule has 1 heterocycles. The Kier molecular flexibility index (Phi) is 6.68. The van der Waals surface area contributed by atoms with Gasteiger partial charge in [0.15, 0.2) is 18.2 Å². The molecule has 1 N–H and O–H groups in total. The lowest BCUT2D eigenvalue weighted by molar-refractivity contribution is 0.0301. The van der Waals surface area contributed by atoms with E-state index < -0.39 is 23.4 Å². The summed E-state index contributed by atoms with van der Waals surface area (Å²) in [5.41, 5.74) is 3.76. The fourth-order valence-corrected chi connectivity index (χ4v) is 10.6. The maximum absolute atomic E-state index is 13.3. The summed E-state index contributed by atoms with van der Waals surface area (Å²) in [6, 6.07) is 0. The van der Waals surface area contributed by atoms with Crippen molar-refractivity contribution in [3.8, 4) is 0 Å². The van der Waals surface area contributed by atoms with Gasteiger partial charge >= 0.3 is 0 Å². The molecule has 6 atom stereocenters. The molecule has 188 valence electrons. The van der Waals surface area contributed by atoms with Crippen molar-refractivity contribution in [1.82, 2.24) is 0 Å². The number of hydrogen-bond acceptors (Lipinski definition) is 4. The van der Waals surface area contributed by atoms with Gasteiger partial charge in [-0.05, 0) is 99.2 Å². The largest absolute Gasteiger partial charge is 0.414 e. The van der Waals surface area contributed by atoms with Crippen molar-refractivity contribution in [2.24, 2.45) is 17.3 Å². The molecule has 4 rings (SSSR count). The van der Waals surface area contributed by atoms with Crippen molar-refractivity contribution >= 4 is 18.2 Å². The van der Waals surface area contributed by atoms with Crippen molar-refractivity contribution in [1.29, 1.82) is 0 Å². The van der Waals surface area contributed by atoms with E-state index in [9.17, 15) is 13.5 Å². The minimum absolute atomic E-state index is 0.0956. The van der Waals surface area contributed by atoms with Crippen molar-refractivity contribution in [2.45, 2.75) is 122 Å². The van der Waals surface area contributed by atoms with E-state index in [0.29, 0.717) is 11.8 Å². The predicted molar refractivity (Wildman–Crippen MR) is 138 cm³/mol. The molecule has 0 aromatic heterocycles. The monoisotopic (exact) mass is 494 g/mol. The van der Waals surface area contributed by atoms with Crippen LogP contribution < -0.4 is 0 Å². The lowest BCUT2D eigenvalue weighted by Gasteiger charge is -2.43. The molecule has 0 aromatic rings. The number of sulfone groups is 1. The molecule has 2 saturated carbocycles. The minimum Gasteiger partial charge on any atom is -0.414 e. The first kappa shape index (κ1) is 25.7. The van der Waals surface area contributed by atoms with Gasteiger partial charge in [0.2, 0.25) is 0 Å². The second-order valence-electron chi connectivity index (χ2n) is 13.2. The number of rotatable bonds is 4. The fourth-order valence-electron chi connectivity index (χ4n) is 7.18. The van der Waals surface area contributed by atoms with E-state index in [0.717, 1.165) is 56.9 Å². The number of aliphatic hydroxyl groups excluding tert-OH is 1. The number of aliphatic hydroxyl groups is 1. The van der Waals surface area contributed by atoms with Gasteiger partial charge in [0, 0.05) is 6.10 Å². The Morgan fingerprint density at radius 2 is 1.88 bits per heavy atom. The van der Waals surface area contributed by atoms with E-state index >= 15 is 0 Å². The standard InChI is InChI=1S/C27H46O4SSi/c1-18(28)23-12-13-24-19(9-8-14-27(23,24)5)15-25-22-16-21(31-33(6,7)26(2,3)4)11-10-20(22)17-32(25,29)30/h15,18,21,23-25,28H,8-14,16-17H2,1-7H3/b19-15+/t18-,21-,23+,24-,25?,27+/m0/s1. The van der Waals surface area contributed by atoms with Gasteiger partial charge in [0.05, 0.1) is 11.9 Å². The molecular weight excluding hydrogens is 448 g/mol. The fraction of sp³-hybridized carbons (Fsp3) is 0.852. The van der Waals surface area contributed by atoms with Crippen LogP contribution in [0.4, 0.5) is 0 Å². The number of hydrogen-bond donors (Lipinski definition) is 1. The molecule has 1 unspecified atom stereocenters. The first-order chi connectivity index (χ1) is 15.2. The topological polar surface area (TPSA) is 63.6 Å². The van der Waals surface area contributed by atoms with E-state index in [-0.39, 0.29) is 28.4 Å². The van der Waals surface area contributed by atoms with Crippen LogP contribution in [0, 0.1) is 17.3 Å². The maximum atomic E-state index is 13.3. The van der Waals surface area contributed by atoms with Crippen LogP contribution >= 0.6 is 0 Å². The highest BCUT2D eigenvalue weighted by molar-refractivity contribution is 7.92. The molecule has 0 spiro atoms. The zero-order chi connectivity index (χ0) is 24.4. The molecule has 2 fully saturated rings. The minimum atomic E-state index is -3.19. The molecule has 3 aliphatic carbocycles. The average Bonchev–Trinajstić information content (AvgIpc) is 3.15. The lowest BCUT2D eigenvalue weighted by Crippen LogP contribution is -2.44. The maximum Gasteiger partial charge on any atom is 0.192 e. The number of fused-ring (bicyclic) bond motifs is 1. The smallest absolute Gasteiger partial charge is 0.192 e. The zero-order valence-corrected chi connectivity index (χ0v) is 23.7. The molecule has 0 aromatic carbocycles. The summed E-state index contributed by atoms with van der Waals surface area (Å²) in [7, 11) is -5.08. The first-order valence-corrected chi connectivity index (χ1v) is 17.8. The van der Waals surface area contributed by atoms with Crippen molar-refractivity contribution in [3.63, 3.8) is 0 Å². The highest BCUT2D eigenvalue weighted by Crippen LogP contribution is 2.58. The molecule has 0 radical (unpaired) electrons. The highest BCUT2D eigenvalue weighted by Gasteiger charge is 2.51. The van der Waals surface area contributed by atoms with Gasteiger partial charge in [0.1, 0.15) is 5.25 Å². The quantitative estimate of drug-likeness (QED) is 0.374. The van der Waals surface area contributed by atoms with Gasteiger partial charge < -0.3 is 9.53 Å². The van der Waals surface area contributed by atoms with E-state index in [2.05, 4.69) is 46.9 Å². The van der Waals surface area contributed by atoms with E-state index in [4.69, 9.17) is 4.43 Å². The second kappa shape index (κ2) is 8.60. The van der Waals surface area contributed by atoms with Crippen molar-refractivity contribution in [3.05, 3.63) is 22.8 Å². The Labute approximate surface area is 203 Å². The summed E-state index contributed by atoms with van der Waals surface area (Å²) in [4.78, 5) is 0. The molecular formula is C27H46O4SSi. The third-order valence-corrected chi connectivity index (χ3v) is 16.5. The Balaban J connectivity index is 1.60. The van der Waals surface area contributed by atoms with E-state index in [1.807, 2.05) is 6.92 Å². The Morgan fingerprint density at radius 1 is 1.18 bits per heavy atom. The van der Waals surface area contributed by atoms with Crippen LogP contribution in [0.5, 0.6) is 0 Å². The molecule has 0 bridgehead atoms. The Bertz CT molecular complexity index is 940. The first-order valence-electron chi connectivity index (χ1n) is 13.1. The third kappa shape index (κ3) is 4.59. The van der Waals surface area contributed by atoms with Gasteiger partial charge in [-0.2, -0.15) is 0 Å². The van der Waals surface area contributed by atoms with Crippen LogP contribution in [0.1, 0.15) is 86.0 Å². The highest BCUT2D eigenvalue weighted by atomic mass is 32.2. The number of allylic oxidation sites excluding steroid dienone is 1. The molecule has 1 aliphatic heterocycles. The second-order valence-corrected chi connectivity index (χ2v) is 20.1. The summed E-state index contributed by atoms with van der Waals surface area (Å²) in [6.45, 7) is 15.7. The van der Waals surface area contributed by atoms with E-state index in [1.165, 1.54) is 11.1 Å². The van der Waals surface area contributed by atoms with Gasteiger partial charge in [-0.15, -0.1) is 0 Å². The Hall–Kier alpha value is -0.433. The van der Waals surface area contributed by atoms with Crippen LogP contribution in [0.15, 0.2) is 22.8 Å². The predicted octanol–water partition coefficient (Wildman–Crippen LogP) is 6.18. The van der Waals surface area contributed by atoms with E-state index in [1.54, 1.807) is 0 Å². The normalized spacial score (nSPS) is 39.0. The van der Waals surface area contributed by atoms with Gasteiger partial charge in [-0.25, -0.2) is 8.42 Å². The summed E-state index contributed by atoms with van der Waals surface area (Å²) in [6.07, 6.45) is 9.95. The molecule has 6 heteroatoms. The van der Waals surface area contributed by atoms with Crippen LogP contribution in [-0.4, -0.2) is 45.1 Å². The summed E-state index contributed by atoms with van der Waals surface area (Å²) in [5, 5.41) is 10.1. The molecule has 4 aliphatic rings. The molecule has 0 saturated heterocycles. The molecule has 0 amide bonds. The van der Waals surface area contributed by atoms with Gasteiger partial charge in [-0.1, -0.05) is 44.9 Å². The van der Waals surface area contributed by atoms with Crippen LogP contribution in [0.2, 0.25) is 18.1 Å². The lowest BCUT2D eigenvalue weighted by atomic mass is 9.62. The average molecular weight is 495 g/mol. The Morgan fingerprint density at radius 3 is 2.52 bits per heavy atom. The SMILES string of the molecule is C[C@H](O)[C@H]1CC[C@H]2/C(=C/C3C4=C(CC[C@H](O[Si](C)(C)C(C)(C)C)C4)CS3(=O)=O)CCC[C@]12C. The molecule has 4 nitrogen and oxygen atoms in total. The van der Waals surface area contributed by atoms with Crippen LogP contribution in [0.25, 0.3) is 0 Å². The van der Waals surface area contributed by atoms with Crippen molar-refractivity contribution in [2.75, 3.05) is 5.75 Å². The summed E-state index contributed by atoms with van der Waals surface area (Å²) in [5.74, 6) is 0.966. The summed E-state index contributed by atoms with van der Waals surface area (Å²) >= 11 is 0. The van der Waals surface area contributed by atoms with Crippen molar-refractivity contribution < 1.29 is 18.0 Å². The van der Waals surface area contributed by atoms with Gasteiger partial charge in [0.25, 0.3) is 0 Å². The zero-order valence-electron chi connectivity index (χ0n) is 21.9. The molecule has 33 heavy (non-hydrogen) atoms. The van der Waals surface area contributed by atoms with Crippen LogP contribution in [-0.2, 0) is 14.3 Å². The van der Waals surface area contributed by atoms with Crippen LogP contribution in [0.3, 0.4) is 0 Å².